The number of pyridine rings is 6. The summed E-state index contributed by atoms with van der Waals surface area (Å²) < 4.78 is 32.0. The first-order valence-electron chi connectivity index (χ1n) is 26.0. The van der Waals surface area contributed by atoms with Gasteiger partial charge in [0.15, 0.2) is 23.0 Å². The van der Waals surface area contributed by atoms with E-state index in [0.717, 1.165) is 140 Å². The predicted octanol–water partition coefficient (Wildman–Crippen LogP) is 7.04. The lowest BCUT2D eigenvalue weighted by atomic mass is 10.0. The molecule has 0 aliphatic carbocycles. The number of aromatic nitrogens is 6. The molecule has 6 aromatic rings. The van der Waals surface area contributed by atoms with Crippen molar-refractivity contribution < 1.29 is 28.5 Å². The average Bonchev–Trinajstić information content (AvgIpc) is 3.41. The molecule has 0 bridgehead atoms. The molecule has 10 rings (SSSR count). The van der Waals surface area contributed by atoms with Crippen molar-refractivity contribution in [2.45, 2.75) is 124 Å². The highest BCUT2D eigenvalue weighted by atomic mass is 16.6. The lowest BCUT2D eigenvalue weighted by molar-refractivity contribution is 0.00528. The summed E-state index contributed by atoms with van der Waals surface area (Å²) in [6, 6.07) is 15.3. The number of piperidine rings is 2. The van der Waals surface area contributed by atoms with Gasteiger partial charge in [-0.25, -0.2) is 4.79 Å². The van der Waals surface area contributed by atoms with Crippen LogP contribution in [0.15, 0.2) is 82.9 Å². The number of aryl methyl sites for hydroxylation is 2. The fourth-order valence-electron chi connectivity index (χ4n) is 9.81. The van der Waals surface area contributed by atoms with Crippen LogP contribution in [0.4, 0.5) is 4.79 Å². The van der Waals surface area contributed by atoms with Crippen LogP contribution in [0.25, 0.3) is 22.1 Å². The van der Waals surface area contributed by atoms with Gasteiger partial charge in [-0.15, -0.1) is 0 Å². The van der Waals surface area contributed by atoms with E-state index in [1.54, 1.807) is 35.5 Å². The Balaban J connectivity index is 0.000000198. The molecule has 2 fully saturated rings. The molecule has 0 atom stereocenters. The van der Waals surface area contributed by atoms with Crippen LogP contribution in [0.5, 0.6) is 23.0 Å². The van der Waals surface area contributed by atoms with Crippen molar-refractivity contribution in [2.75, 3.05) is 65.7 Å². The molecule has 0 radical (unpaired) electrons. The molecule has 0 saturated carbocycles. The summed E-state index contributed by atoms with van der Waals surface area (Å²) in [7, 11) is 0. The van der Waals surface area contributed by atoms with Crippen molar-refractivity contribution in [3.63, 3.8) is 0 Å². The van der Waals surface area contributed by atoms with Crippen LogP contribution in [0, 0.1) is 0 Å². The summed E-state index contributed by atoms with van der Waals surface area (Å²) in [5.41, 5.74) is 6.91. The summed E-state index contributed by atoms with van der Waals surface area (Å²) in [6.45, 7) is 19.6. The smallest absolute Gasteiger partial charge is 0.410 e. The molecule has 2 saturated heterocycles. The Morgan fingerprint density at radius 2 is 1.11 bits per heavy atom. The van der Waals surface area contributed by atoms with Crippen LogP contribution in [-0.4, -0.2) is 133 Å². The van der Waals surface area contributed by atoms with Gasteiger partial charge in [0.05, 0.1) is 52.4 Å². The van der Waals surface area contributed by atoms with Crippen molar-refractivity contribution >= 4 is 28.2 Å². The Bertz CT molecular complexity index is 2980. The van der Waals surface area contributed by atoms with Gasteiger partial charge in [-0.05, 0) is 108 Å². The highest BCUT2D eigenvalue weighted by Gasteiger charge is 2.32. The monoisotopic (exact) mass is 1010 g/mol. The molecule has 18 heteroatoms. The van der Waals surface area contributed by atoms with Crippen molar-refractivity contribution in [3.05, 3.63) is 117 Å². The van der Waals surface area contributed by atoms with Crippen molar-refractivity contribution in [1.29, 1.82) is 0 Å². The number of fused-ring (bicyclic) bond motifs is 4. The van der Waals surface area contributed by atoms with E-state index in [1.807, 2.05) is 60.5 Å². The molecule has 1 amide bonds. The van der Waals surface area contributed by atoms with E-state index in [9.17, 15) is 14.4 Å². The van der Waals surface area contributed by atoms with Crippen LogP contribution in [0.1, 0.15) is 90.2 Å². The number of ether oxygens (including phenoxy) is 5. The van der Waals surface area contributed by atoms with Gasteiger partial charge in [-0.2, -0.15) is 0 Å². The largest absolute Gasteiger partial charge is 0.486 e. The Kier molecular flexibility index (Phi) is 17.8. The number of amides is 1. The first kappa shape index (κ1) is 53.7. The second-order valence-electron chi connectivity index (χ2n) is 20.2. The zero-order chi connectivity index (χ0) is 50.9. The van der Waals surface area contributed by atoms with Gasteiger partial charge >= 0.3 is 6.09 Å². The number of rotatable bonds is 14. The normalized spacial score (nSPS) is 16.3. The fourth-order valence-corrected chi connectivity index (χ4v) is 9.81. The van der Waals surface area contributed by atoms with Gasteiger partial charge in [0.1, 0.15) is 32.0 Å². The maximum absolute atomic E-state index is 13.3. The molecule has 0 aromatic carbocycles. The summed E-state index contributed by atoms with van der Waals surface area (Å²) in [4.78, 5) is 63.3. The van der Waals surface area contributed by atoms with E-state index >= 15 is 0 Å². The maximum Gasteiger partial charge on any atom is 0.410 e. The van der Waals surface area contributed by atoms with E-state index in [-0.39, 0.29) is 30.7 Å². The number of carbonyl (C=O) groups excluding carboxylic acids is 1. The molecular formula is C56H74N10O8. The average molecular weight is 1020 g/mol. The minimum absolute atomic E-state index is 0. The molecule has 396 valence electrons. The molecule has 4 aliphatic heterocycles. The summed E-state index contributed by atoms with van der Waals surface area (Å²) in [5.74, 6) is 2.79. The van der Waals surface area contributed by atoms with Crippen molar-refractivity contribution in [1.82, 2.24) is 49.1 Å². The third kappa shape index (κ3) is 13.6. The van der Waals surface area contributed by atoms with Crippen LogP contribution < -0.4 is 35.4 Å². The van der Waals surface area contributed by atoms with Crippen molar-refractivity contribution in [2.24, 2.45) is 0 Å². The van der Waals surface area contributed by atoms with E-state index in [2.05, 4.69) is 61.0 Å². The van der Waals surface area contributed by atoms with E-state index in [0.29, 0.717) is 63.6 Å². The van der Waals surface area contributed by atoms with Gasteiger partial charge in [-0.3, -0.25) is 34.4 Å². The molecule has 0 unspecified atom stereocenters. The second kappa shape index (κ2) is 24.6. The lowest BCUT2D eigenvalue weighted by Gasteiger charge is -2.39. The molecule has 0 spiro atoms. The molecule has 10 heterocycles. The molecular weight excluding hydrogens is 941 g/mol. The number of hydrogen-bond acceptors (Lipinski definition) is 15. The highest BCUT2D eigenvalue weighted by molar-refractivity contribution is 5.75. The van der Waals surface area contributed by atoms with E-state index in [4.69, 9.17) is 23.7 Å². The third-order valence-corrected chi connectivity index (χ3v) is 14.0. The van der Waals surface area contributed by atoms with E-state index in [1.165, 1.54) is 0 Å². The number of nitrogens with zero attached hydrogens (tertiary/aromatic N) is 9. The van der Waals surface area contributed by atoms with Crippen LogP contribution in [0.3, 0.4) is 0 Å². The molecule has 1 N–H and O–H groups in total. The highest BCUT2D eigenvalue weighted by Crippen LogP contribution is 2.32. The van der Waals surface area contributed by atoms with Crippen LogP contribution in [0.2, 0.25) is 0 Å². The zero-order valence-electron chi connectivity index (χ0n) is 43.0. The molecule has 4 aliphatic rings. The Labute approximate surface area is 434 Å². The second-order valence-corrected chi connectivity index (χ2v) is 20.2. The molecule has 74 heavy (non-hydrogen) atoms. The summed E-state index contributed by atoms with van der Waals surface area (Å²) >= 11 is 0. The van der Waals surface area contributed by atoms with Crippen molar-refractivity contribution in [3.8, 4) is 23.0 Å². The number of likely N-dealkylation sites (tertiary alicyclic amines) is 2. The first-order valence-corrected chi connectivity index (χ1v) is 26.0. The Hall–Kier alpha value is -6.63. The van der Waals surface area contributed by atoms with Gasteiger partial charge < -0.3 is 47.9 Å². The molecule has 18 nitrogen and oxygen atoms in total. The standard InChI is InChI=1S/C30H39N5O5.C25H31N5O3.CH4/c1-5-21-16-25-24(32-18-21)6-7-28(36)34(25)13-12-33-10-8-23(9-11-33)35(29(37)40-30(2,3)4)20-22-17-26-27(19-31-22)39-15-14-38-26;1-2-18-13-22-21(28-15-18)3-4-25(31)30(22)10-9-29-7-5-19(6-8-29)26-16-20-14-23-24(17-27-20)33-12-11-32-23;/h6-7,16-19,23H,5,8-15,20H2,1-4H3;3-4,13-15,17,19,26H,2,5-12,16H2,1H3;1H4. The maximum atomic E-state index is 13.3. The Morgan fingerprint density at radius 1 is 0.635 bits per heavy atom. The SMILES string of the molecule is C.CCc1cnc2ccc(=O)n(CCN3CCC(N(Cc4cc5c(cn4)OCCO5)C(=O)OC(C)(C)C)CC3)c2c1.CCc1cnc2ccc(=O)n(CCN3CCC(NCc4cc5c(cn4)OCCO5)CC3)c2c1. The van der Waals surface area contributed by atoms with Gasteiger partial charge in [-0.1, -0.05) is 21.3 Å². The predicted molar refractivity (Wildman–Crippen MR) is 285 cm³/mol. The Morgan fingerprint density at radius 3 is 1.61 bits per heavy atom. The fraction of sp³-hybridized carbons (Fsp3) is 0.518. The quantitative estimate of drug-likeness (QED) is 0.117. The van der Waals surface area contributed by atoms with Gasteiger partial charge in [0, 0.05) is 94.6 Å². The number of carbonyl (C=O) groups is 1. The minimum atomic E-state index is -0.603. The third-order valence-electron chi connectivity index (χ3n) is 14.0. The minimum Gasteiger partial charge on any atom is -0.486 e. The lowest BCUT2D eigenvalue weighted by Crippen LogP contribution is -2.49. The summed E-state index contributed by atoms with van der Waals surface area (Å²) in [6.07, 6.45) is 12.4. The zero-order valence-corrected chi connectivity index (χ0v) is 43.0. The van der Waals surface area contributed by atoms with Crippen LogP contribution >= 0.6 is 0 Å². The molecule has 6 aromatic heterocycles. The van der Waals surface area contributed by atoms with Gasteiger partial charge in [0.2, 0.25) is 0 Å². The van der Waals surface area contributed by atoms with Gasteiger partial charge in [0.25, 0.3) is 11.1 Å². The van der Waals surface area contributed by atoms with E-state index < -0.39 is 5.60 Å². The number of hydrogen-bond donors (Lipinski definition) is 1. The first-order chi connectivity index (χ1) is 35.4. The summed E-state index contributed by atoms with van der Waals surface area (Å²) in [5, 5.41) is 3.64. The number of nitrogens with one attached hydrogen (secondary N) is 1. The topological polar surface area (TPSA) is 181 Å². The van der Waals surface area contributed by atoms with Crippen LogP contribution in [-0.2, 0) is 43.8 Å².